The number of carbonyl (C=O) groups excluding carboxylic acids is 1. The van der Waals surface area contributed by atoms with E-state index < -0.39 is 23.7 Å². The summed E-state index contributed by atoms with van der Waals surface area (Å²) in [7, 11) is 0. The molecule has 122 valence electrons. The Hall–Kier alpha value is -1.46. The molecular formula is C15H19Cl2NO4. The summed E-state index contributed by atoms with van der Waals surface area (Å²) in [5.74, 6) is -1.02. The van der Waals surface area contributed by atoms with E-state index in [1.54, 1.807) is 39.0 Å². The van der Waals surface area contributed by atoms with Crippen molar-refractivity contribution in [2.75, 3.05) is 0 Å². The topological polar surface area (TPSA) is 75.6 Å². The summed E-state index contributed by atoms with van der Waals surface area (Å²) in [6.07, 6.45) is -0.636. The SMILES string of the molecule is CC(C)(C)OC(=O)N[C@@H](CC(=O)O)Cc1ccc(Cl)cc1Cl. The Morgan fingerprint density at radius 2 is 1.95 bits per heavy atom. The third-order valence-corrected chi connectivity index (χ3v) is 3.21. The molecule has 1 amide bonds. The van der Waals surface area contributed by atoms with Gasteiger partial charge in [0.15, 0.2) is 0 Å². The molecule has 1 rings (SSSR count). The fourth-order valence-electron chi connectivity index (χ4n) is 1.81. The summed E-state index contributed by atoms with van der Waals surface area (Å²) >= 11 is 11.9. The minimum Gasteiger partial charge on any atom is -0.481 e. The zero-order valence-corrected chi connectivity index (χ0v) is 14.2. The molecule has 0 saturated heterocycles. The highest BCUT2D eigenvalue weighted by atomic mass is 35.5. The van der Waals surface area contributed by atoms with Crippen LogP contribution in [-0.4, -0.2) is 28.8 Å². The van der Waals surface area contributed by atoms with E-state index in [4.69, 9.17) is 33.0 Å². The molecule has 0 unspecified atom stereocenters. The van der Waals surface area contributed by atoms with Gasteiger partial charge in [0.25, 0.3) is 0 Å². The number of ether oxygens (including phenoxy) is 1. The largest absolute Gasteiger partial charge is 0.481 e. The number of carbonyl (C=O) groups is 2. The highest BCUT2D eigenvalue weighted by Gasteiger charge is 2.22. The van der Waals surface area contributed by atoms with Crippen molar-refractivity contribution in [3.63, 3.8) is 0 Å². The molecule has 0 radical (unpaired) electrons. The Bertz CT molecular complexity index is 555. The number of carboxylic acids is 1. The van der Waals surface area contributed by atoms with E-state index in [1.165, 1.54) is 0 Å². The van der Waals surface area contributed by atoms with Crippen molar-refractivity contribution in [2.45, 2.75) is 45.3 Å². The van der Waals surface area contributed by atoms with Crippen LogP contribution in [0, 0.1) is 0 Å². The lowest BCUT2D eigenvalue weighted by molar-refractivity contribution is -0.137. The van der Waals surface area contributed by atoms with Gasteiger partial charge in [-0.3, -0.25) is 4.79 Å². The summed E-state index contributed by atoms with van der Waals surface area (Å²) in [5.41, 5.74) is 0.0452. The summed E-state index contributed by atoms with van der Waals surface area (Å²) in [5, 5.41) is 12.5. The van der Waals surface area contributed by atoms with Crippen molar-refractivity contribution in [2.24, 2.45) is 0 Å². The molecule has 0 aliphatic rings. The molecule has 1 atom stereocenters. The van der Waals surface area contributed by atoms with Crippen LogP contribution in [0.5, 0.6) is 0 Å². The molecule has 0 aliphatic carbocycles. The van der Waals surface area contributed by atoms with Gasteiger partial charge in [0, 0.05) is 16.1 Å². The second kappa shape index (κ2) is 7.70. The molecule has 1 aromatic carbocycles. The van der Waals surface area contributed by atoms with Gasteiger partial charge in [0.2, 0.25) is 0 Å². The van der Waals surface area contributed by atoms with Gasteiger partial charge in [-0.15, -0.1) is 0 Å². The Balaban J connectivity index is 2.80. The van der Waals surface area contributed by atoms with Crippen LogP contribution in [0.1, 0.15) is 32.8 Å². The molecule has 0 bridgehead atoms. The summed E-state index contributed by atoms with van der Waals surface area (Å²) in [6, 6.07) is 4.31. The van der Waals surface area contributed by atoms with E-state index in [-0.39, 0.29) is 12.8 Å². The van der Waals surface area contributed by atoms with E-state index in [0.717, 1.165) is 0 Å². The van der Waals surface area contributed by atoms with Gasteiger partial charge in [0.05, 0.1) is 6.42 Å². The first-order valence-electron chi connectivity index (χ1n) is 6.72. The van der Waals surface area contributed by atoms with Crippen molar-refractivity contribution in [1.82, 2.24) is 5.32 Å². The number of benzene rings is 1. The van der Waals surface area contributed by atoms with E-state index in [2.05, 4.69) is 5.32 Å². The lowest BCUT2D eigenvalue weighted by Gasteiger charge is -2.23. The molecule has 22 heavy (non-hydrogen) atoms. The molecule has 7 heteroatoms. The van der Waals surface area contributed by atoms with E-state index in [1.807, 2.05) is 0 Å². The maximum atomic E-state index is 11.8. The van der Waals surface area contributed by atoms with Crippen LogP contribution in [0.2, 0.25) is 10.0 Å². The Labute approximate surface area is 139 Å². The van der Waals surface area contributed by atoms with Crippen molar-refractivity contribution in [3.8, 4) is 0 Å². The lowest BCUT2D eigenvalue weighted by atomic mass is 10.0. The second-order valence-corrected chi connectivity index (χ2v) is 6.72. The van der Waals surface area contributed by atoms with Crippen LogP contribution in [0.25, 0.3) is 0 Å². The molecule has 1 aromatic rings. The minimum absolute atomic E-state index is 0.238. The summed E-state index contributed by atoms with van der Waals surface area (Å²) < 4.78 is 5.14. The molecule has 5 nitrogen and oxygen atoms in total. The van der Waals surface area contributed by atoms with Gasteiger partial charge in [-0.05, 0) is 44.9 Å². The molecule has 0 aliphatic heterocycles. The van der Waals surface area contributed by atoms with Gasteiger partial charge in [-0.2, -0.15) is 0 Å². The molecular weight excluding hydrogens is 329 g/mol. The van der Waals surface area contributed by atoms with Crippen LogP contribution < -0.4 is 5.32 Å². The number of hydrogen-bond acceptors (Lipinski definition) is 3. The number of nitrogens with one attached hydrogen (secondary N) is 1. The Morgan fingerprint density at radius 1 is 1.32 bits per heavy atom. The first-order valence-corrected chi connectivity index (χ1v) is 7.47. The molecule has 0 spiro atoms. The van der Waals surface area contributed by atoms with Crippen molar-refractivity contribution in [1.29, 1.82) is 0 Å². The molecule has 0 fully saturated rings. The predicted molar refractivity (Wildman–Crippen MR) is 85.6 cm³/mol. The second-order valence-electron chi connectivity index (χ2n) is 5.88. The Morgan fingerprint density at radius 3 is 2.45 bits per heavy atom. The zero-order chi connectivity index (χ0) is 16.9. The van der Waals surface area contributed by atoms with Gasteiger partial charge in [-0.25, -0.2) is 4.79 Å². The third kappa shape index (κ3) is 7.00. The average molecular weight is 348 g/mol. The van der Waals surface area contributed by atoms with E-state index in [0.29, 0.717) is 15.6 Å². The quantitative estimate of drug-likeness (QED) is 0.846. The van der Waals surface area contributed by atoms with Crippen molar-refractivity contribution < 1.29 is 19.4 Å². The maximum absolute atomic E-state index is 11.8. The Kier molecular flexibility index (Phi) is 6.50. The number of amides is 1. The smallest absolute Gasteiger partial charge is 0.407 e. The predicted octanol–water partition coefficient (Wildman–Crippen LogP) is 3.90. The van der Waals surface area contributed by atoms with Gasteiger partial charge < -0.3 is 15.2 Å². The zero-order valence-electron chi connectivity index (χ0n) is 12.7. The first kappa shape index (κ1) is 18.6. The number of carboxylic acid groups (broad SMARTS) is 1. The van der Waals surface area contributed by atoms with Gasteiger partial charge in [0.1, 0.15) is 5.60 Å². The average Bonchev–Trinajstić information content (AvgIpc) is 2.29. The fourth-order valence-corrected chi connectivity index (χ4v) is 2.30. The lowest BCUT2D eigenvalue weighted by Crippen LogP contribution is -2.41. The van der Waals surface area contributed by atoms with Gasteiger partial charge in [-0.1, -0.05) is 29.3 Å². The number of alkyl carbamates (subject to hydrolysis) is 1. The normalized spacial score (nSPS) is 12.6. The monoisotopic (exact) mass is 347 g/mol. The molecule has 2 N–H and O–H groups in total. The minimum atomic E-state index is -1.02. The van der Waals surface area contributed by atoms with Crippen LogP contribution in [0.15, 0.2) is 18.2 Å². The third-order valence-electron chi connectivity index (χ3n) is 2.62. The van der Waals surface area contributed by atoms with Crippen LogP contribution in [0.4, 0.5) is 4.79 Å². The molecule has 0 aromatic heterocycles. The first-order chi connectivity index (χ1) is 10.1. The number of rotatable bonds is 5. The summed E-state index contributed by atoms with van der Waals surface area (Å²) in [6.45, 7) is 5.19. The standard InChI is InChI=1S/C15H19Cl2NO4/c1-15(2,3)22-14(21)18-11(8-13(19)20)6-9-4-5-10(16)7-12(9)17/h4-5,7,11H,6,8H2,1-3H3,(H,18,21)(H,19,20)/t11-/m1/s1. The summed E-state index contributed by atoms with van der Waals surface area (Å²) in [4.78, 5) is 22.8. The van der Waals surface area contributed by atoms with Crippen molar-refractivity contribution in [3.05, 3.63) is 33.8 Å². The van der Waals surface area contributed by atoms with Crippen molar-refractivity contribution >= 4 is 35.3 Å². The molecule has 0 saturated carbocycles. The highest BCUT2D eigenvalue weighted by Crippen LogP contribution is 2.22. The number of aliphatic carboxylic acids is 1. The van der Waals surface area contributed by atoms with Crippen LogP contribution in [0.3, 0.4) is 0 Å². The number of hydrogen-bond donors (Lipinski definition) is 2. The van der Waals surface area contributed by atoms with Gasteiger partial charge >= 0.3 is 12.1 Å². The number of halogens is 2. The molecule has 0 heterocycles. The highest BCUT2D eigenvalue weighted by molar-refractivity contribution is 6.35. The van der Waals surface area contributed by atoms with E-state index >= 15 is 0 Å². The fraction of sp³-hybridized carbons (Fsp3) is 0.467. The van der Waals surface area contributed by atoms with Crippen LogP contribution in [-0.2, 0) is 16.0 Å². The maximum Gasteiger partial charge on any atom is 0.407 e. The van der Waals surface area contributed by atoms with Crippen LogP contribution >= 0.6 is 23.2 Å². The van der Waals surface area contributed by atoms with E-state index in [9.17, 15) is 9.59 Å².